The van der Waals surface area contributed by atoms with Gasteiger partial charge in [-0.05, 0) is 55.0 Å². The van der Waals surface area contributed by atoms with Crippen LogP contribution in [0.1, 0.15) is 49.5 Å². The zero-order valence-electron chi connectivity index (χ0n) is 20.1. The Kier molecular flexibility index (Phi) is 8.00. The first kappa shape index (κ1) is 27.5. The van der Waals surface area contributed by atoms with Gasteiger partial charge >= 0.3 is 11.9 Å². The number of hydrogen-bond acceptors (Lipinski definition) is 4. The van der Waals surface area contributed by atoms with Crippen LogP contribution in [0.5, 0.6) is 0 Å². The first-order valence-electron chi connectivity index (χ1n) is 11.4. The summed E-state index contributed by atoms with van der Waals surface area (Å²) in [5, 5.41) is 25.1. The number of carbonyl (C=O) groups excluding carboxylic acids is 2. The molecule has 3 atom stereocenters. The van der Waals surface area contributed by atoms with Crippen LogP contribution in [0, 0.1) is 16.7 Å². The van der Waals surface area contributed by atoms with Crippen LogP contribution in [0.2, 0.25) is 10.0 Å². The Morgan fingerprint density at radius 3 is 2.08 bits per heavy atom. The minimum absolute atomic E-state index is 0.00892. The third-order valence-corrected chi connectivity index (χ3v) is 8.10. The maximum atomic E-state index is 13.0. The predicted octanol–water partition coefficient (Wildman–Crippen LogP) is 4.88. The number of anilines is 1. The molecule has 192 valence electrons. The standard InChI is InChI=1S/C26H28Cl2N2O6/c1-25(2)16(11-12-26(25,3)24(35)36)21(31)30-19(23(33)34)13-14-7-9-15(10-8-14)29-22(32)20-17(27)5-4-6-18(20)28/h4-10,16,19H,11-13H2,1-3H3,(H,29,32)(H,30,31)(H,33,34)(H,35,36)/t16-,19?,26-/m0/s1. The number of nitrogens with one attached hydrogen (secondary N) is 2. The van der Waals surface area contributed by atoms with Crippen LogP contribution in [0.15, 0.2) is 42.5 Å². The van der Waals surface area contributed by atoms with Crippen molar-refractivity contribution < 1.29 is 29.4 Å². The Bertz CT molecular complexity index is 1180. The molecule has 8 nitrogen and oxygen atoms in total. The molecule has 0 bridgehead atoms. The predicted molar refractivity (Wildman–Crippen MR) is 136 cm³/mol. The molecule has 2 amide bonds. The van der Waals surface area contributed by atoms with E-state index in [-0.39, 0.29) is 22.0 Å². The van der Waals surface area contributed by atoms with E-state index < -0.39 is 46.5 Å². The van der Waals surface area contributed by atoms with Gasteiger partial charge in [0.25, 0.3) is 5.91 Å². The number of halogens is 2. The highest BCUT2D eigenvalue weighted by Crippen LogP contribution is 2.56. The number of carbonyl (C=O) groups is 4. The van der Waals surface area contributed by atoms with Crippen LogP contribution >= 0.6 is 23.2 Å². The molecule has 0 saturated heterocycles. The molecule has 2 aromatic rings. The third kappa shape index (κ3) is 5.34. The molecule has 36 heavy (non-hydrogen) atoms. The minimum atomic E-state index is -1.20. The average molecular weight is 535 g/mol. The van der Waals surface area contributed by atoms with Gasteiger partial charge in [0.05, 0.1) is 21.0 Å². The van der Waals surface area contributed by atoms with E-state index in [0.717, 1.165) is 0 Å². The van der Waals surface area contributed by atoms with E-state index >= 15 is 0 Å². The van der Waals surface area contributed by atoms with Crippen LogP contribution in [0.4, 0.5) is 5.69 Å². The Morgan fingerprint density at radius 2 is 1.58 bits per heavy atom. The third-order valence-electron chi connectivity index (χ3n) is 7.47. The number of amides is 2. The van der Waals surface area contributed by atoms with Gasteiger partial charge in [0.1, 0.15) is 6.04 Å². The van der Waals surface area contributed by atoms with Crippen molar-refractivity contribution in [3.05, 3.63) is 63.6 Å². The Hall–Kier alpha value is -3.10. The van der Waals surface area contributed by atoms with Crippen LogP contribution in [0.3, 0.4) is 0 Å². The number of aliphatic carboxylic acids is 2. The van der Waals surface area contributed by atoms with Gasteiger partial charge in [-0.25, -0.2) is 4.79 Å². The van der Waals surface area contributed by atoms with Gasteiger partial charge in [-0.2, -0.15) is 0 Å². The van der Waals surface area contributed by atoms with E-state index in [0.29, 0.717) is 24.1 Å². The molecule has 0 aromatic heterocycles. The van der Waals surface area contributed by atoms with Crippen molar-refractivity contribution in [2.75, 3.05) is 5.32 Å². The zero-order valence-corrected chi connectivity index (χ0v) is 21.6. The molecule has 0 spiro atoms. The van der Waals surface area contributed by atoms with Crippen LogP contribution < -0.4 is 10.6 Å². The summed E-state index contributed by atoms with van der Waals surface area (Å²) >= 11 is 12.2. The van der Waals surface area contributed by atoms with E-state index in [1.54, 1.807) is 63.2 Å². The number of benzene rings is 2. The fourth-order valence-corrected chi connectivity index (χ4v) is 5.25. The van der Waals surface area contributed by atoms with Crippen LogP contribution in [0.25, 0.3) is 0 Å². The lowest BCUT2D eigenvalue weighted by atomic mass is 9.65. The Morgan fingerprint density at radius 1 is 1.00 bits per heavy atom. The highest BCUT2D eigenvalue weighted by molar-refractivity contribution is 6.40. The lowest BCUT2D eigenvalue weighted by Crippen LogP contribution is -2.49. The summed E-state index contributed by atoms with van der Waals surface area (Å²) in [6.07, 6.45) is 0.699. The fourth-order valence-electron chi connectivity index (χ4n) is 4.68. The Balaban J connectivity index is 1.68. The molecule has 1 saturated carbocycles. The first-order valence-corrected chi connectivity index (χ1v) is 12.1. The summed E-state index contributed by atoms with van der Waals surface area (Å²) < 4.78 is 0. The molecule has 2 aromatic carbocycles. The molecule has 3 rings (SSSR count). The summed E-state index contributed by atoms with van der Waals surface area (Å²) in [6.45, 7) is 5.09. The molecular formula is C26H28Cl2N2O6. The fraction of sp³-hybridized carbons (Fsp3) is 0.385. The van der Waals surface area contributed by atoms with Crippen molar-refractivity contribution in [3.63, 3.8) is 0 Å². The second kappa shape index (κ2) is 10.5. The molecule has 4 N–H and O–H groups in total. The molecule has 0 radical (unpaired) electrons. The molecule has 1 aliphatic carbocycles. The number of carboxylic acid groups (broad SMARTS) is 2. The van der Waals surface area contributed by atoms with Crippen LogP contribution in [-0.4, -0.2) is 40.0 Å². The van der Waals surface area contributed by atoms with E-state index in [9.17, 15) is 29.4 Å². The van der Waals surface area contributed by atoms with Gasteiger partial charge < -0.3 is 20.8 Å². The molecular weight excluding hydrogens is 507 g/mol. The van der Waals surface area contributed by atoms with E-state index in [4.69, 9.17) is 23.2 Å². The first-order chi connectivity index (χ1) is 16.8. The second-order valence-electron chi connectivity index (χ2n) is 9.80. The van der Waals surface area contributed by atoms with E-state index in [1.165, 1.54) is 0 Å². The second-order valence-corrected chi connectivity index (χ2v) is 10.6. The number of rotatable bonds is 8. The minimum Gasteiger partial charge on any atom is -0.481 e. The van der Waals surface area contributed by atoms with Crippen molar-refractivity contribution in [2.24, 2.45) is 16.7 Å². The average Bonchev–Trinajstić information content (AvgIpc) is 3.04. The maximum Gasteiger partial charge on any atom is 0.326 e. The maximum absolute atomic E-state index is 13.0. The van der Waals surface area contributed by atoms with Gasteiger partial charge in [0.2, 0.25) is 5.91 Å². The van der Waals surface area contributed by atoms with Crippen molar-refractivity contribution in [3.8, 4) is 0 Å². The Labute approximate surface area is 219 Å². The highest BCUT2D eigenvalue weighted by atomic mass is 35.5. The van der Waals surface area contributed by atoms with Gasteiger partial charge in [0, 0.05) is 18.0 Å². The topological polar surface area (TPSA) is 133 Å². The quantitative estimate of drug-likeness (QED) is 0.381. The molecule has 1 unspecified atom stereocenters. The molecule has 1 fully saturated rings. The van der Waals surface area contributed by atoms with Crippen LogP contribution in [-0.2, 0) is 20.8 Å². The zero-order chi connectivity index (χ0) is 26.8. The largest absolute Gasteiger partial charge is 0.481 e. The van der Waals surface area contributed by atoms with Gasteiger partial charge in [0.15, 0.2) is 0 Å². The molecule has 10 heteroatoms. The normalized spacial score (nSPS) is 21.4. The van der Waals surface area contributed by atoms with Crippen molar-refractivity contribution in [2.45, 2.75) is 46.1 Å². The molecule has 0 heterocycles. The summed E-state index contributed by atoms with van der Waals surface area (Å²) in [6, 6.07) is 10.1. The van der Waals surface area contributed by atoms with E-state index in [1.807, 2.05) is 0 Å². The van der Waals surface area contributed by atoms with Gasteiger partial charge in [-0.3, -0.25) is 14.4 Å². The summed E-state index contributed by atoms with van der Waals surface area (Å²) in [4.78, 5) is 49.3. The molecule has 0 aliphatic heterocycles. The van der Waals surface area contributed by atoms with Crippen molar-refractivity contribution in [1.29, 1.82) is 0 Å². The van der Waals surface area contributed by atoms with Crippen molar-refractivity contribution in [1.82, 2.24) is 5.32 Å². The lowest BCUT2D eigenvalue weighted by Gasteiger charge is -2.38. The monoisotopic (exact) mass is 534 g/mol. The van der Waals surface area contributed by atoms with Crippen molar-refractivity contribution >= 4 is 52.6 Å². The molecule has 1 aliphatic rings. The smallest absolute Gasteiger partial charge is 0.326 e. The van der Waals surface area contributed by atoms with E-state index in [2.05, 4.69) is 10.6 Å². The van der Waals surface area contributed by atoms with Gasteiger partial charge in [-0.15, -0.1) is 0 Å². The summed E-state index contributed by atoms with van der Waals surface area (Å²) in [5.41, 5.74) is -0.709. The lowest BCUT2D eigenvalue weighted by molar-refractivity contribution is -0.155. The highest BCUT2D eigenvalue weighted by Gasteiger charge is 2.58. The van der Waals surface area contributed by atoms with Gasteiger partial charge in [-0.1, -0.05) is 55.2 Å². The summed E-state index contributed by atoms with van der Waals surface area (Å²) in [5.74, 6) is -3.76. The number of hydrogen-bond donors (Lipinski definition) is 4. The number of carboxylic acids is 2. The summed E-state index contributed by atoms with van der Waals surface area (Å²) in [7, 11) is 0. The SMILES string of the molecule is CC1(C)[C@H](C(=O)NC(Cc2ccc(NC(=O)c3c(Cl)cccc3Cl)cc2)C(=O)O)CC[C@@]1(C)C(=O)O.